The second-order valence-electron chi connectivity index (χ2n) is 5.52. The summed E-state index contributed by atoms with van der Waals surface area (Å²) < 4.78 is 42.7. The number of rotatable bonds is 2. The maximum Gasteiger partial charge on any atom is 0.496 e. The first-order chi connectivity index (χ1) is 8.53. The van der Waals surface area contributed by atoms with Crippen molar-refractivity contribution in [2.24, 2.45) is 0 Å². The van der Waals surface area contributed by atoms with Crippen LogP contribution in [-0.4, -0.2) is 36.3 Å². The van der Waals surface area contributed by atoms with Crippen molar-refractivity contribution in [3.63, 3.8) is 0 Å². The van der Waals surface area contributed by atoms with E-state index in [1.165, 1.54) is 12.3 Å². The van der Waals surface area contributed by atoms with Crippen molar-refractivity contribution in [1.29, 1.82) is 0 Å². The first kappa shape index (κ1) is 14.5. The summed E-state index contributed by atoms with van der Waals surface area (Å²) in [6.45, 7) is 7.58. The highest BCUT2D eigenvalue weighted by Crippen LogP contribution is 2.36. The van der Waals surface area contributed by atoms with Crippen LogP contribution in [0.2, 0.25) is 0 Å². The van der Waals surface area contributed by atoms with E-state index in [9.17, 15) is 8.42 Å². The highest BCUT2D eigenvalue weighted by molar-refractivity contribution is 7.85. The molecule has 1 aromatic rings. The molecule has 1 saturated heterocycles. The largest absolute Gasteiger partial charge is 0.496 e. The molecule has 1 aromatic heterocycles. The van der Waals surface area contributed by atoms with Crippen LogP contribution in [0.25, 0.3) is 0 Å². The lowest BCUT2D eigenvalue weighted by Crippen LogP contribution is -2.41. The van der Waals surface area contributed by atoms with Crippen LogP contribution in [0, 0.1) is 0 Å². The maximum absolute atomic E-state index is 11.1. The van der Waals surface area contributed by atoms with Gasteiger partial charge in [-0.1, -0.05) is 0 Å². The Bertz CT molecular complexity index is 583. The third-order valence-electron chi connectivity index (χ3n) is 3.56. The van der Waals surface area contributed by atoms with Gasteiger partial charge in [0, 0.05) is 17.9 Å². The van der Waals surface area contributed by atoms with Crippen molar-refractivity contribution in [3.8, 4) is 0 Å². The molecule has 0 spiro atoms. The molecule has 2 heterocycles. The molecule has 0 unspecified atom stereocenters. The molecule has 0 bridgehead atoms. The van der Waals surface area contributed by atoms with E-state index >= 15 is 0 Å². The predicted octanol–water partition coefficient (Wildman–Crippen LogP) is 0.627. The van der Waals surface area contributed by atoms with E-state index in [0.29, 0.717) is 5.46 Å². The molecule has 0 amide bonds. The minimum atomic E-state index is -4.29. The zero-order valence-electron chi connectivity index (χ0n) is 11.2. The molecule has 19 heavy (non-hydrogen) atoms. The number of nitrogens with zero attached hydrogens (tertiary/aromatic N) is 1. The molecule has 0 radical (unpaired) electrons. The SMILES string of the molecule is CC1(C)OB(c2cncc(S(=O)(=O)O)c2)OC1(C)C. The van der Waals surface area contributed by atoms with Gasteiger partial charge < -0.3 is 9.31 Å². The fraction of sp³-hybridized carbons (Fsp3) is 0.545. The first-order valence-corrected chi connectivity index (χ1v) is 7.25. The predicted molar refractivity (Wildman–Crippen MR) is 69.8 cm³/mol. The molecular weight excluding hydrogens is 269 g/mol. The molecule has 8 heteroatoms. The van der Waals surface area contributed by atoms with E-state index in [4.69, 9.17) is 13.9 Å². The van der Waals surface area contributed by atoms with E-state index in [2.05, 4.69) is 4.98 Å². The van der Waals surface area contributed by atoms with Crippen molar-refractivity contribution < 1.29 is 22.3 Å². The Balaban J connectivity index is 2.36. The summed E-state index contributed by atoms with van der Waals surface area (Å²) in [6, 6.07) is 1.30. The van der Waals surface area contributed by atoms with Crippen molar-refractivity contribution in [2.45, 2.75) is 43.8 Å². The molecule has 0 saturated carbocycles. The van der Waals surface area contributed by atoms with Gasteiger partial charge in [0.2, 0.25) is 0 Å². The Hall–Kier alpha value is -0.955. The summed E-state index contributed by atoms with van der Waals surface area (Å²) in [4.78, 5) is 3.51. The average molecular weight is 285 g/mol. The molecule has 0 aliphatic carbocycles. The van der Waals surface area contributed by atoms with E-state index in [-0.39, 0.29) is 4.90 Å². The fourth-order valence-electron chi connectivity index (χ4n) is 1.68. The minimum absolute atomic E-state index is 0.278. The lowest BCUT2D eigenvalue weighted by atomic mass is 9.80. The van der Waals surface area contributed by atoms with Gasteiger partial charge >= 0.3 is 7.12 Å². The van der Waals surface area contributed by atoms with E-state index in [0.717, 1.165) is 6.20 Å². The lowest BCUT2D eigenvalue weighted by Gasteiger charge is -2.32. The molecule has 1 aliphatic heterocycles. The number of pyridine rings is 1. The highest BCUT2D eigenvalue weighted by atomic mass is 32.2. The first-order valence-electron chi connectivity index (χ1n) is 5.81. The van der Waals surface area contributed by atoms with Crippen LogP contribution >= 0.6 is 0 Å². The van der Waals surface area contributed by atoms with Crippen molar-refractivity contribution in [3.05, 3.63) is 18.5 Å². The smallest absolute Gasteiger partial charge is 0.399 e. The summed E-state index contributed by atoms with van der Waals surface area (Å²) in [5.74, 6) is 0. The van der Waals surface area contributed by atoms with Crippen LogP contribution in [0.4, 0.5) is 0 Å². The van der Waals surface area contributed by atoms with Crippen LogP contribution in [0.1, 0.15) is 27.7 Å². The van der Waals surface area contributed by atoms with Gasteiger partial charge in [0.15, 0.2) is 0 Å². The van der Waals surface area contributed by atoms with E-state index in [1.807, 2.05) is 27.7 Å². The molecule has 6 nitrogen and oxygen atoms in total. The standard InChI is InChI=1S/C11H16BNO5S/c1-10(2)11(3,4)18-12(17-10)8-5-9(7-13-6-8)19(14,15)16/h5-7H,1-4H3,(H,14,15,16). The molecule has 0 aromatic carbocycles. The highest BCUT2D eigenvalue weighted by Gasteiger charge is 2.51. The summed E-state index contributed by atoms with van der Waals surface area (Å²) in [5.41, 5.74) is -0.592. The van der Waals surface area contributed by atoms with E-state index in [1.54, 1.807) is 0 Å². The third-order valence-corrected chi connectivity index (χ3v) is 4.38. The zero-order chi connectivity index (χ0) is 14.5. The van der Waals surface area contributed by atoms with Gasteiger partial charge in [0.05, 0.1) is 11.2 Å². The van der Waals surface area contributed by atoms with Crippen molar-refractivity contribution >= 4 is 22.7 Å². The summed E-state index contributed by atoms with van der Waals surface area (Å²) >= 11 is 0. The average Bonchev–Trinajstić information content (AvgIpc) is 2.47. The van der Waals surface area contributed by atoms with Gasteiger partial charge in [-0.3, -0.25) is 9.54 Å². The number of hydrogen-bond acceptors (Lipinski definition) is 5. The van der Waals surface area contributed by atoms with Gasteiger partial charge in [0.25, 0.3) is 10.1 Å². The summed E-state index contributed by atoms with van der Waals surface area (Å²) in [5, 5.41) is 0. The minimum Gasteiger partial charge on any atom is -0.399 e. The third kappa shape index (κ3) is 2.67. The van der Waals surface area contributed by atoms with Crippen LogP contribution in [0.5, 0.6) is 0 Å². The van der Waals surface area contributed by atoms with E-state index < -0.39 is 28.4 Å². The molecule has 2 rings (SSSR count). The lowest BCUT2D eigenvalue weighted by molar-refractivity contribution is 0.00578. The van der Waals surface area contributed by atoms with Gasteiger partial charge in [-0.15, -0.1) is 0 Å². The Morgan fingerprint density at radius 2 is 1.68 bits per heavy atom. The maximum atomic E-state index is 11.1. The van der Waals surface area contributed by atoms with Crippen LogP contribution < -0.4 is 5.46 Å². The second-order valence-corrected chi connectivity index (χ2v) is 6.94. The number of hydrogen-bond donors (Lipinski definition) is 1. The Morgan fingerprint density at radius 3 is 2.16 bits per heavy atom. The van der Waals surface area contributed by atoms with Gasteiger partial charge in [0.1, 0.15) is 4.90 Å². The monoisotopic (exact) mass is 285 g/mol. The number of aromatic nitrogens is 1. The van der Waals surface area contributed by atoms with Gasteiger partial charge in [-0.05, 0) is 33.8 Å². The van der Waals surface area contributed by atoms with Gasteiger partial charge in [-0.2, -0.15) is 8.42 Å². The quantitative estimate of drug-likeness (QED) is 0.633. The summed E-state index contributed by atoms with van der Waals surface area (Å²) in [7, 11) is -5.00. The molecular formula is C11H16BNO5S. The molecule has 1 aliphatic rings. The fourth-order valence-corrected chi connectivity index (χ4v) is 2.16. The van der Waals surface area contributed by atoms with Crippen LogP contribution in [0.3, 0.4) is 0 Å². The van der Waals surface area contributed by atoms with Gasteiger partial charge in [-0.25, -0.2) is 0 Å². The van der Waals surface area contributed by atoms with Crippen LogP contribution in [0.15, 0.2) is 23.4 Å². The van der Waals surface area contributed by atoms with Crippen molar-refractivity contribution in [1.82, 2.24) is 4.98 Å². The second kappa shape index (κ2) is 4.27. The topological polar surface area (TPSA) is 85.7 Å². The normalized spacial score (nSPS) is 21.6. The molecule has 1 fully saturated rings. The molecule has 1 N–H and O–H groups in total. The Kier molecular flexibility index (Phi) is 3.25. The zero-order valence-corrected chi connectivity index (χ0v) is 12.1. The van der Waals surface area contributed by atoms with Crippen LogP contribution in [-0.2, 0) is 19.4 Å². The van der Waals surface area contributed by atoms with Crippen molar-refractivity contribution in [2.75, 3.05) is 0 Å². The summed E-state index contributed by atoms with van der Waals surface area (Å²) in [6.07, 6.45) is 2.53. The Morgan fingerprint density at radius 1 is 1.16 bits per heavy atom. The molecule has 104 valence electrons. The molecule has 0 atom stereocenters. The Labute approximate surface area is 113 Å².